The quantitative estimate of drug-likeness (QED) is 0.355. The Morgan fingerprint density at radius 3 is 2.76 bits per heavy atom. The van der Waals surface area contributed by atoms with Crippen molar-refractivity contribution >= 4 is 69.5 Å². The highest BCUT2D eigenvalue weighted by Crippen LogP contribution is 2.39. The number of benzene rings is 2. The molecule has 0 fully saturated rings. The summed E-state index contributed by atoms with van der Waals surface area (Å²) in [7, 11) is 0. The first kappa shape index (κ1) is 20.1. The van der Waals surface area contributed by atoms with Crippen molar-refractivity contribution in [1.82, 2.24) is 9.55 Å². The highest BCUT2D eigenvalue weighted by molar-refractivity contribution is 6.36. The van der Waals surface area contributed by atoms with Crippen LogP contribution >= 0.6 is 34.8 Å². The van der Waals surface area contributed by atoms with Gasteiger partial charge in [0, 0.05) is 29.8 Å². The number of halogens is 3. The third kappa shape index (κ3) is 3.82. The van der Waals surface area contributed by atoms with Gasteiger partial charge < -0.3 is 14.2 Å². The lowest BCUT2D eigenvalue weighted by atomic mass is 10.1. The van der Waals surface area contributed by atoms with Gasteiger partial charge in [-0.05, 0) is 43.7 Å². The SMILES string of the molecule is CCOC(=O)C=Cc1ccc(Cl)c2nc3n(c12)CCCN3c1ccc(Cl)cc1Cl. The van der Waals surface area contributed by atoms with E-state index in [1.54, 1.807) is 25.1 Å². The molecule has 2 heterocycles. The lowest BCUT2D eigenvalue weighted by molar-refractivity contribution is -0.137. The fourth-order valence-electron chi connectivity index (χ4n) is 3.54. The Morgan fingerprint density at radius 2 is 2.00 bits per heavy atom. The molecule has 29 heavy (non-hydrogen) atoms. The molecule has 0 N–H and O–H groups in total. The molecule has 8 heteroatoms. The molecular weight excluding hydrogens is 433 g/mol. The number of nitrogens with zero attached hydrogens (tertiary/aromatic N) is 3. The highest BCUT2D eigenvalue weighted by Gasteiger charge is 2.26. The maximum atomic E-state index is 11.8. The van der Waals surface area contributed by atoms with Crippen LogP contribution in [0.2, 0.25) is 15.1 Å². The number of fused-ring (bicyclic) bond motifs is 3. The first-order chi connectivity index (χ1) is 14.0. The Kier molecular flexibility index (Phi) is 5.72. The van der Waals surface area contributed by atoms with Crippen LogP contribution in [0.15, 0.2) is 36.4 Å². The summed E-state index contributed by atoms with van der Waals surface area (Å²) in [5.41, 5.74) is 3.25. The largest absolute Gasteiger partial charge is 0.463 e. The number of aromatic nitrogens is 2. The molecular formula is C21H18Cl3N3O2. The number of hydrogen-bond donors (Lipinski definition) is 0. The van der Waals surface area contributed by atoms with Gasteiger partial charge in [0.15, 0.2) is 0 Å². The van der Waals surface area contributed by atoms with Crippen molar-refractivity contribution < 1.29 is 9.53 Å². The fourth-order valence-corrected chi connectivity index (χ4v) is 4.24. The molecule has 1 aliphatic rings. The van der Waals surface area contributed by atoms with Crippen LogP contribution in [-0.4, -0.2) is 28.7 Å². The van der Waals surface area contributed by atoms with E-state index in [-0.39, 0.29) is 5.97 Å². The lowest BCUT2D eigenvalue weighted by Crippen LogP contribution is -2.28. The van der Waals surface area contributed by atoms with E-state index < -0.39 is 0 Å². The van der Waals surface area contributed by atoms with Crippen molar-refractivity contribution in [3.63, 3.8) is 0 Å². The van der Waals surface area contributed by atoms with Gasteiger partial charge in [0.05, 0.1) is 27.9 Å². The number of anilines is 2. The summed E-state index contributed by atoms with van der Waals surface area (Å²) >= 11 is 19.0. The number of carbonyl (C=O) groups excluding carboxylic acids is 1. The van der Waals surface area contributed by atoms with Crippen LogP contribution < -0.4 is 4.90 Å². The number of hydrogen-bond acceptors (Lipinski definition) is 4. The topological polar surface area (TPSA) is 47.4 Å². The zero-order chi connectivity index (χ0) is 20.5. The predicted molar refractivity (Wildman–Crippen MR) is 118 cm³/mol. The molecule has 0 aliphatic carbocycles. The second kappa shape index (κ2) is 8.27. The Morgan fingerprint density at radius 1 is 1.17 bits per heavy atom. The maximum absolute atomic E-state index is 11.8. The second-order valence-corrected chi connectivity index (χ2v) is 7.83. The van der Waals surface area contributed by atoms with Gasteiger partial charge in [0.25, 0.3) is 0 Å². The minimum atomic E-state index is -0.386. The summed E-state index contributed by atoms with van der Waals surface area (Å²) in [5, 5.41) is 1.70. The maximum Gasteiger partial charge on any atom is 0.330 e. The van der Waals surface area contributed by atoms with Crippen molar-refractivity contribution in [2.24, 2.45) is 0 Å². The first-order valence-electron chi connectivity index (χ1n) is 9.25. The van der Waals surface area contributed by atoms with E-state index in [1.807, 2.05) is 18.2 Å². The van der Waals surface area contributed by atoms with E-state index in [4.69, 9.17) is 44.5 Å². The zero-order valence-corrected chi connectivity index (χ0v) is 17.9. The van der Waals surface area contributed by atoms with E-state index in [1.165, 1.54) is 6.08 Å². The van der Waals surface area contributed by atoms with Crippen molar-refractivity contribution in [3.05, 3.63) is 57.0 Å². The molecule has 3 aromatic rings. The third-order valence-corrected chi connectivity index (χ3v) is 5.59. The standard InChI is InChI=1S/C21H18Cl3N3O2/c1-2-29-18(28)9-5-13-4-7-15(23)19-20(13)27-11-3-10-26(21(27)25-19)17-8-6-14(22)12-16(17)24/h4-9,12H,2-3,10-11H2,1H3. The molecule has 0 saturated heterocycles. The molecule has 0 bridgehead atoms. The molecule has 2 aromatic carbocycles. The smallest absolute Gasteiger partial charge is 0.330 e. The van der Waals surface area contributed by atoms with E-state index >= 15 is 0 Å². The average Bonchev–Trinajstić information content (AvgIpc) is 3.09. The van der Waals surface area contributed by atoms with Gasteiger partial charge in [-0.3, -0.25) is 0 Å². The van der Waals surface area contributed by atoms with Gasteiger partial charge in [-0.25, -0.2) is 9.78 Å². The fraction of sp³-hybridized carbons (Fsp3) is 0.238. The normalized spacial score (nSPS) is 13.9. The Labute approximate surface area is 183 Å². The van der Waals surface area contributed by atoms with Crippen LogP contribution in [0, 0.1) is 0 Å². The molecule has 150 valence electrons. The molecule has 0 radical (unpaired) electrons. The molecule has 1 aromatic heterocycles. The van der Waals surface area contributed by atoms with Gasteiger partial charge in [-0.2, -0.15) is 0 Å². The van der Waals surface area contributed by atoms with Crippen LogP contribution in [0.3, 0.4) is 0 Å². The molecule has 1 aliphatic heterocycles. The number of ether oxygens (including phenoxy) is 1. The summed E-state index contributed by atoms with van der Waals surface area (Å²) in [6, 6.07) is 9.09. The van der Waals surface area contributed by atoms with E-state index in [9.17, 15) is 4.79 Å². The van der Waals surface area contributed by atoms with Gasteiger partial charge in [0.2, 0.25) is 5.95 Å². The van der Waals surface area contributed by atoms with Crippen LogP contribution in [0.4, 0.5) is 11.6 Å². The zero-order valence-electron chi connectivity index (χ0n) is 15.7. The molecule has 0 unspecified atom stereocenters. The van der Waals surface area contributed by atoms with Crippen molar-refractivity contribution in [1.29, 1.82) is 0 Å². The van der Waals surface area contributed by atoms with Crippen LogP contribution in [-0.2, 0) is 16.1 Å². The highest BCUT2D eigenvalue weighted by atomic mass is 35.5. The van der Waals surface area contributed by atoms with Crippen LogP contribution in [0.1, 0.15) is 18.9 Å². The number of imidazole rings is 1. The Balaban J connectivity index is 1.85. The minimum Gasteiger partial charge on any atom is -0.463 e. The molecule has 0 amide bonds. The number of carbonyl (C=O) groups is 1. The number of aryl methyl sites for hydroxylation is 1. The van der Waals surface area contributed by atoms with Gasteiger partial charge in [-0.15, -0.1) is 0 Å². The van der Waals surface area contributed by atoms with Gasteiger partial charge >= 0.3 is 5.97 Å². The first-order valence-corrected chi connectivity index (χ1v) is 10.4. The third-order valence-electron chi connectivity index (χ3n) is 4.75. The van der Waals surface area contributed by atoms with Crippen LogP contribution in [0.5, 0.6) is 0 Å². The molecule has 4 rings (SSSR count). The average molecular weight is 451 g/mol. The Hall–Kier alpha value is -2.21. The summed E-state index contributed by atoms with van der Waals surface area (Å²) in [6.07, 6.45) is 4.06. The lowest BCUT2D eigenvalue weighted by Gasteiger charge is -2.30. The van der Waals surface area contributed by atoms with E-state index in [2.05, 4.69) is 9.47 Å². The summed E-state index contributed by atoms with van der Waals surface area (Å²) < 4.78 is 7.09. The van der Waals surface area contributed by atoms with Crippen LogP contribution in [0.25, 0.3) is 17.1 Å². The second-order valence-electron chi connectivity index (χ2n) is 6.58. The van der Waals surface area contributed by atoms with E-state index in [0.717, 1.165) is 42.2 Å². The van der Waals surface area contributed by atoms with Gasteiger partial charge in [0.1, 0.15) is 5.52 Å². The summed E-state index contributed by atoms with van der Waals surface area (Å²) in [6.45, 7) is 3.67. The summed E-state index contributed by atoms with van der Waals surface area (Å²) in [4.78, 5) is 18.6. The molecule has 0 atom stereocenters. The molecule has 5 nitrogen and oxygen atoms in total. The predicted octanol–water partition coefficient (Wildman–Crippen LogP) is 6.11. The van der Waals surface area contributed by atoms with E-state index in [0.29, 0.717) is 27.2 Å². The van der Waals surface area contributed by atoms with Gasteiger partial charge in [-0.1, -0.05) is 40.9 Å². The molecule has 0 spiro atoms. The summed E-state index contributed by atoms with van der Waals surface area (Å²) in [5.74, 6) is 0.373. The molecule has 0 saturated carbocycles. The van der Waals surface area contributed by atoms with Crippen molar-refractivity contribution in [2.45, 2.75) is 19.9 Å². The Bertz CT molecular complexity index is 1120. The van der Waals surface area contributed by atoms with Crippen molar-refractivity contribution in [2.75, 3.05) is 18.1 Å². The number of esters is 1. The number of rotatable bonds is 4. The monoisotopic (exact) mass is 449 g/mol. The van der Waals surface area contributed by atoms with Crippen molar-refractivity contribution in [3.8, 4) is 0 Å². The minimum absolute atomic E-state index is 0.331.